The zero-order chi connectivity index (χ0) is 14.5. The third kappa shape index (κ3) is 4.21. The highest BCUT2D eigenvalue weighted by Crippen LogP contribution is 2.43. The summed E-state index contributed by atoms with van der Waals surface area (Å²) < 4.78 is 0. The van der Waals surface area contributed by atoms with Crippen LogP contribution in [-0.4, -0.2) is 24.8 Å². The van der Waals surface area contributed by atoms with Crippen LogP contribution in [0.15, 0.2) is 0 Å². The molecule has 118 valence electrons. The molecule has 20 heavy (non-hydrogen) atoms. The van der Waals surface area contributed by atoms with Gasteiger partial charge in [0.25, 0.3) is 0 Å². The average molecular weight is 281 g/mol. The second-order valence-electron chi connectivity index (χ2n) is 8.13. The summed E-state index contributed by atoms with van der Waals surface area (Å²) in [5, 5.41) is 13.6. The molecule has 0 bridgehead atoms. The highest BCUT2D eigenvalue weighted by Gasteiger charge is 2.36. The second-order valence-corrected chi connectivity index (χ2v) is 8.13. The van der Waals surface area contributed by atoms with Gasteiger partial charge in [-0.2, -0.15) is 0 Å². The third-order valence-corrected chi connectivity index (χ3v) is 5.76. The minimum Gasteiger partial charge on any atom is -0.396 e. The van der Waals surface area contributed by atoms with Gasteiger partial charge in [0.15, 0.2) is 0 Å². The van der Waals surface area contributed by atoms with Gasteiger partial charge in [0.2, 0.25) is 0 Å². The quantitative estimate of drug-likeness (QED) is 0.735. The zero-order valence-electron chi connectivity index (χ0n) is 13.7. The van der Waals surface area contributed by atoms with Gasteiger partial charge in [-0.1, -0.05) is 46.0 Å². The highest BCUT2D eigenvalue weighted by atomic mass is 16.3. The van der Waals surface area contributed by atoms with E-state index in [0.29, 0.717) is 12.0 Å². The Morgan fingerprint density at radius 3 is 1.90 bits per heavy atom. The van der Waals surface area contributed by atoms with E-state index in [9.17, 15) is 5.11 Å². The molecule has 0 heterocycles. The Kier molecular flexibility index (Phi) is 5.92. The minimum absolute atomic E-state index is 0.190. The molecule has 2 saturated carbocycles. The van der Waals surface area contributed by atoms with Crippen LogP contribution in [0.25, 0.3) is 0 Å². The van der Waals surface area contributed by atoms with Crippen molar-refractivity contribution in [2.75, 3.05) is 19.7 Å². The van der Waals surface area contributed by atoms with Gasteiger partial charge in [0, 0.05) is 25.1 Å². The van der Waals surface area contributed by atoms with Gasteiger partial charge < -0.3 is 10.4 Å². The summed E-state index contributed by atoms with van der Waals surface area (Å²) in [6.07, 6.45) is 13.4. The number of aliphatic hydroxyl groups excluding tert-OH is 1. The van der Waals surface area contributed by atoms with Crippen LogP contribution in [-0.2, 0) is 0 Å². The highest BCUT2D eigenvalue weighted by molar-refractivity contribution is 4.90. The Morgan fingerprint density at radius 2 is 1.35 bits per heavy atom. The maximum Gasteiger partial charge on any atom is 0.0499 e. The minimum atomic E-state index is 0.190. The van der Waals surface area contributed by atoms with Crippen molar-refractivity contribution in [1.82, 2.24) is 5.32 Å². The van der Waals surface area contributed by atoms with Gasteiger partial charge in [0.05, 0.1) is 0 Å². The Morgan fingerprint density at radius 1 is 0.850 bits per heavy atom. The first-order chi connectivity index (χ1) is 9.60. The van der Waals surface area contributed by atoms with Gasteiger partial charge in [0.1, 0.15) is 0 Å². The van der Waals surface area contributed by atoms with E-state index in [1.54, 1.807) is 0 Å². The maximum atomic E-state index is 9.80. The summed E-state index contributed by atoms with van der Waals surface area (Å²) in [6.45, 7) is 7.29. The lowest BCUT2D eigenvalue weighted by Crippen LogP contribution is -2.43. The van der Waals surface area contributed by atoms with E-state index in [0.717, 1.165) is 12.5 Å². The lowest BCUT2D eigenvalue weighted by atomic mass is 9.74. The van der Waals surface area contributed by atoms with Gasteiger partial charge in [-0.25, -0.2) is 0 Å². The van der Waals surface area contributed by atoms with Crippen molar-refractivity contribution < 1.29 is 5.11 Å². The maximum absolute atomic E-state index is 9.80. The summed E-state index contributed by atoms with van der Waals surface area (Å²) >= 11 is 0. The van der Waals surface area contributed by atoms with Crippen LogP contribution in [0.2, 0.25) is 0 Å². The van der Waals surface area contributed by atoms with E-state index in [1.807, 2.05) is 0 Å². The molecule has 0 unspecified atom stereocenters. The molecule has 2 aliphatic rings. The molecule has 0 aromatic carbocycles. The van der Waals surface area contributed by atoms with Gasteiger partial charge in [-0.15, -0.1) is 0 Å². The number of rotatable bonds is 7. The molecular formula is C18H35NO. The van der Waals surface area contributed by atoms with E-state index < -0.39 is 0 Å². The van der Waals surface area contributed by atoms with Crippen molar-refractivity contribution in [3.05, 3.63) is 0 Å². The van der Waals surface area contributed by atoms with Crippen LogP contribution < -0.4 is 5.32 Å². The fourth-order valence-corrected chi connectivity index (χ4v) is 4.73. The topological polar surface area (TPSA) is 32.3 Å². The van der Waals surface area contributed by atoms with E-state index >= 15 is 0 Å². The SMILES string of the molecule is CC(C)CC1(CNCC2(CO)CCCCC2)CCCC1. The molecule has 2 aliphatic carbocycles. The molecule has 2 fully saturated rings. The van der Waals surface area contributed by atoms with Crippen molar-refractivity contribution in [1.29, 1.82) is 0 Å². The second kappa shape index (κ2) is 7.26. The zero-order valence-corrected chi connectivity index (χ0v) is 13.7. The average Bonchev–Trinajstić information content (AvgIpc) is 2.87. The van der Waals surface area contributed by atoms with Crippen LogP contribution in [0.3, 0.4) is 0 Å². The van der Waals surface area contributed by atoms with Gasteiger partial charge in [-0.3, -0.25) is 0 Å². The number of hydrogen-bond donors (Lipinski definition) is 2. The first kappa shape index (κ1) is 16.3. The van der Waals surface area contributed by atoms with Crippen molar-refractivity contribution >= 4 is 0 Å². The van der Waals surface area contributed by atoms with Crippen LogP contribution in [0.4, 0.5) is 0 Å². The molecule has 2 nitrogen and oxygen atoms in total. The summed E-state index contributed by atoms with van der Waals surface area (Å²) in [4.78, 5) is 0. The number of hydrogen-bond acceptors (Lipinski definition) is 2. The lowest BCUT2D eigenvalue weighted by Gasteiger charge is -2.38. The Hall–Kier alpha value is -0.0800. The third-order valence-electron chi connectivity index (χ3n) is 5.76. The molecular weight excluding hydrogens is 246 g/mol. The van der Waals surface area contributed by atoms with Gasteiger partial charge >= 0.3 is 0 Å². The molecule has 0 aromatic rings. The summed E-state index contributed by atoms with van der Waals surface area (Å²) in [5.41, 5.74) is 0.745. The molecule has 0 aromatic heterocycles. The van der Waals surface area contributed by atoms with Crippen LogP contribution >= 0.6 is 0 Å². The normalized spacial score (nSPS) is 25.2. The molecule has 0 aliphatic heterocycles. The Labute approximate surface area is 125 Å². The van der Waals surface area contributed by atoms with Crippen molar-refractivity contribution in [2.45, 2.75) is 78.1 Å². The molecule has 0 radical (unpaired) electrons. The first-order valence-electron chi connectivity index (χ1n) is 8.91. The molecule has 2 rings (SSSR count). The van der Waals surface area contributed by atoms with Crippen molar-refractivity contribution in [2.24, 2.45) is 16.7 Å². The predicted octanol–water partition coefficient (Wildman–Crippen LogP) is 4.13. The Bertz CT molecular complexity index is 275. The van der Waals surface area contributed by atoms with Gasteiger partial charge in [-0.05, 0) is 43.4 Å². The standard InChI is InChI=1S/C18H35NO/c1-16(2)12-17(8-6-7-9-17)13-19-14-18(15-20)10-4-3-5-11-18/h16,19-20H,3-15H2,1-2H3. The molecule has 2 heteroatoms. The van der Waals surface area contributed by atoms with E-state index in [4.69, 9.17) is 0 Å². The van der Waals surface area contributed by atoms with Crippen LogP contribution in [0, 0.1) is 16.7 Å². The smallest absolute Gasteiger partial charge is 0.0499 e. The Balaban J connectivity index is 1.83. The molecule has 0 amide bonds. The molecule has 2 N–H and O–H groups in total. The lowest BCUT2D eigenvalue weighted by molar-refractivity contribution is 0.0761. The monoisotopic (exact) mass is 281 g/mol. The summed E-state index contributed by atoms with van der Waals surface area (Å²) in [7, 11) is 0. The van der Waals surface area contributed by atoms with Crippen molar-refractivity contribution in [3.63, 3.8) is 0 Å². The number of aliphatic hydroxyl groups is 1. The summed E-state index contributed by atoms with van der Waals surface area (Å²) in [6, 6.07) is 0. The first-order valence-corrected chi connectivity index (χ1v) is 8.91. The fourth-order valence-electron chi connectivity index (χ4n) is 4.73. The number of nitrogens with one attached hydrogen (secondary N) is 1. The molecule has 0 atom stereocenters. The van der Waals surface area contributed by atoms with Crippen LogP contribution in [0.1, 0.15) is 78.1 Å². The van der Waals surface area contributed by atoms with E-state index in [1.165, 1.54) is 70.8 Å². The largest absolute Gasteiger partial charge is 0.396 e. The van der Waals surface area contributed by atoms with Crippen LogP contribution in [0.5, 0.6) is 0 Å². The predicted molar refractivity (Wildman–Crippen MR) is 85.8 cm³/mol. The molecule has 0 saturated heterocycles. The fraction of sp³-hybridized carbons (Fsp3) is 1.00. The van der Waals surface area contributed by atoms with E-state index in [-0.39, 0.29) is 5.41 Å². The molecule has 0 spiro atoms. The van der Waals surface area contributed by atoms with Crippen molar-refractivity contribution in [3.8, 4) is 0 Å². The summed E-state index contributed by atoms with van der Waals surface area (Å²) in [5.74, 6) is 0.802. The van der Waals surface area contributed by atoms with E-state index in [2.05, 4.69) is 19.2 Å².